The third-order valence-electron chi connectivity index (χ3n) is 2.58. The summed E-state index contributed by atoms with van der Waals surface area (Å²) in [5.41, 5.74) is 2.54. The summed E-state index contributed by atoms with van der Waals surface area (Å²) in [4.78, 5) is 12.1. The number of nitrogens with zero attached hydrogens (tertiary/aromatic N) is 3. The Morgan fingerprint density at radius 3 is 2.95 bits per heavy atom. The minimum absolute atomic E-state index is 0.166. The van der Waals surface area contributed by atoms with Gasteiger partial charge in [0, 0.05) is 12.2 Å². The zero-order chi connectivity index (χ0) is 13.7. The first-order chi connectivity index (χ1) is 9.20. The van der Waals surface area contributed by atoms with Crippen molar-refractivity contribution in [3.8, 4) is 0 Å². The molecule has 1 heterocycles. The van der Waals surface area contributed by atoms with Crippen molar-refractivity contribution in [1.29, 1.82) is 0 Å². The summed E-state index contributed by atoms with van der Waals surface area (Å²) in [6, 6.07) is 5.66. The van der Waals surface area contributed by atoms with Crippen molar-refractivity contribution in [3.63, 3.8) is 0 Å². The highest BCUT2D eigenvalue weighted by Crippen LogP contribution is 2.17. The van der Waals surface area contributed by atoms with Gasteiger partial charge in [-0.1, -0.05) is 11.3 Å². The molecule has 100 valence electrons. The monoisotopic (exact) mass is 260 g/mol. The van der Waals surface area contributed by atoms with Crippen LogP contribution in [0.4, 0.5) is 5.69 Å². The number of anilines is 1. The minimum Gasteiger partial charge on any atom is -0.385 e. The third kappa shape index (κ3) is 3.27. The molecule has 1 amide bonds. The molecule has 0 fully saturated rings. The highest BCUT2D eigenvalue weighted by molar-refractivity contribution is 5.99. The van der Waals surface area contributed by atoms with Crippen LogP contribution in [0.5, 0.6) is 0 Å². The number of hydrogen-bond donors (Lipinski definition) is 3. The van der Waals surface area contributed by atoms with E-state index in [1.54, 1.807) is 6.07 Å². The smallest absolute Gasteiger partial charge is 0.253 e. The topological polar surface area (TPSA) is 95.6 Å². The first kappa shape index (κ1) is 13.0. The van der Waals surface area contributed by atoms with Gasteiger partial charge in [-0.2, -0.15) is 5.21 Å². The normalized spacial score (nSPS) is 10.2. The number of rotatable bonds is 5. The van der Waals surface area contributed by atoms with E-state index in [1.807, 2.05) is 26.0 Å². The number of carbonyl (C=O) groups is 1. The molecule has 0 atom stereocenters. The van der Waals surface area contributed by atoms with E-state index < -0.39 is 0 Å². The van der Waals surface area contributed by atoms with Crippen LogP contribution in [0, 0.1) is 6.92 Å². The largest absolute Gasteiger partial charge is 0.385 e. The molecular formula is C12H16N6O. The second-order valence-electron chi connectivity index (χ2n) is 4.09. The van der Waals surface area contributed by atoms with Crippen LogP contribution in [0.2, 0.25) is 0 Å². The van der Waals surface area contributed by atoms with Crippen LogP contribution in [0.15, 0.2) is 18.2 Å². The quantitative estimate of drug-likeness (QED) is 0.741. The summed E-state index contributed by atoms with van der Waals surface area (Å²) in [7, 11) is 0. The van der Waals surface area contributed by atoms with Crippen LogP contribution in [0.1, 0.15) is 28.7 Å². The molecular weight excluding hydrogens is 244 g/mol. The van der Waals surface area contributed by atoms with Gasteiger partial charge in [0.15, 0.2) is 5.82 Å². The Hall–Kier alpha value is -2.44. The molecule has 0 saturated heterocycles. The minimum atomic E-state index is -0.166. The summed E-state index contributed by atoms with van der Waals surface area (Å²) in [5, 5.41) is 19.3. The number of H-pyrrole nitrogens is 1. The lowest BCUT2D eigenvalue weighted by Gasteiger charge is -2.11. The van der Waals surface area contributed by atoms with E-state index in [9.17, 15) is 4.79 Å². The van der Waals surface area contributed by atoms with E-state index in [-0.39, 0.29) is 12.5 Å². The van der Waals surface area contributed by atoms with E-state index >= 15 is 0 Å². The molecule has 0 unspecified atom stereocenters. The van der Waals surface area contributed by atoms with Gasteiger partial charge in [-0.25, -0.2) is 0 Å². The van der Waals surface area contributed by atoms with Crippen LogP contribution in [-0.2, 0) is 6.54 Å². The van der Waals surface area contributed by atoms with Gasteiger partial charge in [-0.15, -0.1) is 10.2 Å². The Morgan fingerprint density at radius 1 is 1.42 bits per heavy atom. The third-order valence-corrected chi connectivity index (χ3v) is 2.58. The molecule has 0 bridgehead atoms. The number of amides is 1. The Balaban J connectivity index is 2.09. The fraction of sp³-hybridized carbons (Fsp3) is 0.333. The van der Waals surface area contributed by atoms with Gasteiger partial charge in [0.05, 0.1) is 12.1 Å². The highest BCUT2D eigenvalue weighted by atomic mass is 16.1. The molecule has 7 nitrogen and oxygen atoms in total. The average molecular weight is 260 g/mol. The van der Waals surface area contributed by atoms with Crippen molar-refractivity contribution >= 4 is 11.6 Å². The van der Waals surface area contributed by atoms with E-state index in [1.165, 1.54) is 0 Å². The number of hydrogen-bond acceptors (Lipinski definition) is 5. The van der Waals surface area contributed by atoms with E-state index in [4.69, 9.17) is 0 Å². The van der Waals surface area contributed by atoms with Gasteiger partial charge in [0.2, 0.25) is 0 Å². The van der Waals surface area contributed by atoms with Crippen molar-refractivity contribution < 1.29 is 4.79 Å². The number of aryl methyl sites for hydroxylation is 1. The summed E-state index contributed by atoms with van der Waals surface area (Å²) < 4.78 is 0. The first-order valence-corrected chi connectivity index (χ1v) is 6.05. The van der Waals surface area contributed by atoms with Gasteiger partial charge in [0.1, 0.15) is 0 Å². The lowest BCUT2D eigenvalue weighted by Crippen LogP contribution is -2.24. The fourth-order valence-electron chi connectivity index (χ4n) is 1.70. The molecule has 2 aromatic rings. The maximum absolute atomic E-state index is 12.1. The molecule has 1 aromatic heterocycles. The maximum atomic E-state index is 12.1. The Labute approximate surface area is 110 Å². The average Bonchev–Trinajstić information content (AvgIpc) is 2.90. The van der Waals surface area contributed by atoms with Crippen LogP contribution >= 0.6 is 0 Å². The molecule has 0 aliphatic rings. The summed E-state index contributed by atoms with van der Waals surface area (Å²) in [5.74, 6) is 0.284. The van der Waals surface area contributed by atoms with Gasteiger partial charge >= 0.3 is 0 Å². The molecule has 19 heavy (non-hydrogen) atoms. The number of nitrogens with one attached hydrogen (secondary N) is 3. The zero-order valence-electron chi connectivity index (χ0n) is 10.9. The highest BCUT2D eigenvalue weighted by Gasteiger charge is 2.11. The number of benzene rings is 1. The summed E-state index contributed by atoms with van der Waals surface area (Å²) in [6.45, 7) is 4.98. The lowest BCUT2D eigenvalue weighted by molar-refractivity contribution is 0.0950. The Morgan fingerprint density at radius 2 is 2.26 bits per heavy atom. The van der Waals surface area contributed by atoms with Crippen LogP contribution in [0.3, 0.4) is 0 Å². The van der Waals surface area contributed by atoms with Gasteiger partial charge in [-0.05, 0) is 31.5 Å². The molecule has 0 radical (unpaired) electrons. The Bertz CT molecular complexity index is 551. The molecule has 0 saturated carbocycles. The number of tetrazole rings is 1. The molecule has 7 heteroatoms. The summed E-state index contributed by atoms with van der Waals surface area (Å²) >= 11 is 0. The molecule has 0 spiro atoms. The van der Waals surface area contributed by atoms with Crippen LogP contribution < -0.4 is 10.6 Å². The number of aromatic amines is 1. The predicted octanol–water partition coefficient (Wildman–Crippen LogP) is 0.870. The number of aromatic nitrogens is 4. The first-order valence-electron chi connectivity index (χ1n) is 6.05. The second-order valence-corrected chi connectivity index (χ2v) is 4.09. The Kier molecular flexibility index (Phi) is 4.07. The van der Waals surface area contributed by atoms with Crippen LogP contribution in [-0.4, -0.2) is 33.1 Å². The fourth-order valence-corrected chi connectivity index (χ4v) is 1.70. The molecule has 1 aromatic carbocycles. The molecule has 0 aliphatic heterocycles. The molecule has 2 rings (SSSR count). The standard InChI is InChI=1S/C12H16N6O/c1-3-13-10-6-8(2)4-5-9(10)12(19)14-7-11-15-17-18-16-11/h4-6,13H,3,7H2,1-2H3,(H,14,19)(H,15,16,17,18). The van der Waals surface area contributed by atoms with Gasteiger partial charge in [0.25, 0.3) is 5.91 Å². The second kappa shape index (κ2) is 5.94. The van der Waals surface area contributed by atoms with E-state index in [0.29, 0.717) is 11.4 Å². The van der Waals surface area contributed by atoms with E-state index in [2.05, 4.69) is 31.3 Å². The SMILES string of the molecule is CCNc1cc(C)ccc1C(=O)NCc1nn[nH]n1. The molecule has 0 aliphatic carbocycles. The van der Waals surface area contributed by atoms with Crippen molar-refractivity contribution in [2.75, 3.05) is 11.9 Å². The predicted molar refractivity (Wildman–Crippen MR) is 70.7 cm³/mol. The van der Waals surface area contributed by atoms with Gasteiger partial charge in [-0.3, -0.25) is 4.79 Å². The lowest BCUT2D eigenvalue weighted by atomic mass is 10.1. The van der Waals surface area contributed by atoms with E-state index in [0.717, 1.165) is 17.8 Å². The molecule has 3 N–H and O–H groups in total. The van der Waals surface area contributed by atoms with Crippen molar-refractivity contribution in [2.24, 2.45) is 0 Å². The van der Waals surface area contributed by atoms with Crippen molar-refractivity contribution in [1.82, 2.24) is 25.9 Å². The van der Waals surface area contributed by atoms with Crippen molar-refractivity contribution in [3.05, 3.63) is 35.2 Å². The summed E-state index contributed by atoms with van der Waals surface area (Å²) in [6.07, 6.45) is 0. The van der Waals surface area contributed by atoms with Crippen molar-refractivity contribution in [2.45, 2.75) is 20.4 Å². The number of carbonyl (C=O) groups excluding carboxylic acids is 1. The zero-order valence-corrected chi connectivity index (χ0v) is 10.9. The van der Waals surface area contributed by atoms with Gasteiger partial charge < -0.3 is 10.6 Å². The van der Waals surface area contributed by atoms with Crippen LogP contribution in [0.25, 0.3) is 0 Å². The maximum Gasteiger partial charge on any atom is 0.253 e.